The molecule has 20 heavy (non-hydrogen) atoms. The van der Waals surface area contributed by atoms with Crippen LogP contribution in [-0.2, 0) is 25.7 Å². The highest BCUT2D eigenvalue weighted by molar-refractivity contribution is 5.72. The van der Waals surface area contributed by atoms with E-state index >= 15 is 0 Å². The van der Waals surface area contributed by atoms with Crippen molar-refractivity contribution < 1.29 is 23.5 Å². The first-order valence-electron chi connectivity index (χ1n) is 6.68. The summed E-state index contributed by atoms with van der Waals surface area (Å²) in [5.41, 5.74) is 0.336. The average Bonchev–Trinajstić information content (AvgIpc) is 2.44. The Bertz CT molecular complexity index is 445. The van der Waals surface area contributed by atoms with Gasteiger partial charge in [-0.15, -0.1) is 0 Å². The van der Waals surface area contributed by atoms with Crippen molar-refractivity contribution in [3.63, 3.8) is 0 Å². The van der Waals surface area contributed by atoms with Crippen molar-refractivity contribution >= 4 is 11.9 Å². The van der Waals surface area contributed by atoms with Crippen molar-refractivity contribution in [3.8, 4) is 0 Å². The lowest BCUT2D eigenvalue weighted by Gasteiger charge is -2.06. The molecule has 1 aromatic carbocycles. The fraction of sp³-hybridized carbons (Fsp3) is 0.467. The Labute approximate surface area is 117 Å². The SMILES string of the molecule is CCCOC(=O)CCCC(=O)OCc1ccccc1F. The van der Waals surface area contributed by atoms with Gasteiger partial charge in [0.1, 0.15) is 12.4 Å². The third kappa shape index (κ3) is 6.31. The van der Waals surface area contributed by atoms with Crippen LogP contribution in [0, 0.1) is 5.82 Å². The number of rotatable bonds is 8. The van der Waals surface area contributed by atoms with E-state index in [0.29, 0.717) is 18.6 Å². The van der Waals surface area contributed by atoms with Gasteiger partial charge in [0.15, 0.2) is 0 Å². The second-order valence-electron chi connectivity index (χ2n) is 4.33. The molecule has 0 atom stereocenters. The molecular formula is C15H19FO4. The van der Waals surface area contributed by atoms with Crippen molar-refractivity contribution in [3.05, 3.63) is 35.6 Å². The number of hydrogen-bond donors (Lipinski definition) is 0. The first-order chi connectivity index (χ1) is 9.63. The average molecular weight is 282 g/mol. The zero-order valence-electron chi connectivity index (χ0n) is 11.6. The first-order valence-corrected chi connectivity index (χ1v) is 6.68. The molecule has 0 spiro atoms. The number of esters is 2. The largest absolute Gasteiger partial charge is 0.466 e. The van der Waals surface area contributed by atoms with Gasteiger partial charge in [-0.2, -0.15) is 0 Å². The summed E-state index contributed by atoms with van der Waals surface area (Å²) in [5.74, 6) is -1.16. The fourth-order valence-electron chi connectivity index (χ4n) is 1.51. The van der Waals surface area contributed by atoms with Crippen LogP contribution in [0.1, 0.15) is 38.2 Å². The number of halogens is 1. The van der Waals surface area contributed by atoms with E-state index in [2.05, 4.69) is 0 Å². The van der Waals surface area contributed by atoms with Gasteiger partial charge in [-0.3, -0.25) is 9.59 Å². The van der Waals surface area contributed by atoms with Crippen molar-refractivity contribution in [2.45, 2.75) is 39.2 Å². The lowest BCUT2D eigenvalue weighted by atomic mass is 10.2. The lowest BCUT2D eigenvalue weighted by molar-refractivity contribution is -0.146. The molecular weight excluding hydrogens is 263 g/mol. The lowest BCUT2D eigenvalue weighted by Crippen LogP contribution is -2.08. The van der Waals surface area contributed by atoms with Crippen LogP contribution in [0.5, 0.6) is 0 Å². The predicted molar refractivity (Wildman–Crippen MR) is 71.3 cm³/mol. The van der Waals surface area contributed by atoms with Gasteiger partial charge in [0.25, 0.3) is 0 Å². The summed E-state index contributed by atoms with van der Waals surface area (Å²) in [7, 11) is 0. The summed E-state index contributed by atoms with van der Waals surface area (Å²) >= 11 is 0. The van der Waals surface area contributed by atoms with Crippen LogP contribution in [0.3, 0.4) is 0 Å². The van der Waals surface area contributed by atoms with Gasteiger partial charge in [-0.25, -0.2) is 4.39 Å². The minimum absolute atomic E-state index is 0.0915. The standard InChI is InChI=1S/C15H19FO4/c1-2-10-19-14(17)8-5-9-15(18)20-11-12-6-3-4-7-13(12)16/h3-4,6-7H,2,5,8-11H2,1H3. The minimum Gasteiger partial charge on any atom is -0.466 e. The fourth-order valence-corrected chi connectivity index (χ4v) is 1.51. The van der Waals surface area contributed by atoms with E-state index in [1.165, 1.54) is 6.07 Å². The van der Waals surface area contributed by atoms with Gasteiger partial charge in [-0.05, 0) is 18.9 Å². The molecule has 1 rings (SSSR count). The Kier molecular flexibility index (Phi) is 7.32. The summed E-state index contributed by atoms with van der Waals surface area (Å²) in [4.78, 5) is 22.6. The van der Waals surface area contributed by atoms with Crippen LogP contribution in [0.25, 0.3) is 0 Å². The van der Waals surface area contributed by atoms with Gasteiger partial charge >= 0.3 is 11.9 Å². The summed E-state index contributed by atoms with van der Waals surface area (Å²) in [5, 5.41) is 0. The maximum atomic E-state index is 13.3. The van der Waals surface area contributed by atoms with E-state index in [0.717, 1.165) is 6.42 Å². The van der Waals surface area contributed by atoms with Gasteiger partial charge < -0.3 is 9.47 Å². The zero-order valence-corrected chi connectivity index (χ0v) is 11.6. The van der Waals surface area contributed by atoms with Gasteiger partial charge in [0.05, 0.1) is 6.61 Å². The molecule has 0 saturated heterocycles. The Morgan fingerprint density at radius 1 is 1.10 bits per heavy atom. The van der Waals surface area contributed by atoms with E-state index in [9.17, 15) is 14.0 Å². The Hall–Kier alpha value is -1.91. The monoisotopic (exact) mass is 282 g/mol. The maximum absolute atomic E-state index is 13.3. The van der Waals surface area contributed by atoms with Crippen LogP contribution in [0.15, 0.2) is 24.3 Å². The number of benzene rings is 1. The van der Waals surface area contributed by atoms with E-state index in [1.54, 1.807) is 18.2 Å². The van der Waals surface area contributed by atoms with Gasteiger partial charge in [0.2, 0.25) is 0 Å². The van der Waals surface area contributed by atoms with E-state index in [-0.39, 0.29) is 25.4 Å². The third-order valence-corrected chi connectivity index (χ3v) is 2.58. The van der Waals surface area contributed by atoms with Crippen LogP contribution in [0.4, 0.5) is 4.39 Å². The number of carbonyl (C=O) groups excluding carboxylic acids is 2. The predicted octanol–water partition coefficient (Wildman–Crippen LogP) is 2.99. The molecule has 0 N–H and O–H groups in total. The molecule has 0 aromatic heterocycles. The molecule has 0 aliphatic rings. The molecule has 5 heteroatoms. The van der Waals surface area contributed by atoms with E-state index in [1.807, 2.05) is 6.92 Å². The molecule has 0 aliphatic heterocycles. The molecule has 0 bridgehead atoms. The van der Waals surface area contributed by atoms with Gasteiger partial charge in [-0.1, -0.05) is 25.1 Å². The van der Waals surface area contributed by atoms with Crippen LogP contribution in [0.2, 0.25) is 0 Å². The highest BCUT2D eigenvalue weighted by Gasteiger charge is 2.08. The molecule has 0 radical (unpaired) electrons. The molecule has 0 aliphatic carbocycles. The highest BCUT2D eigenvalue weighted by Crippen LogP contribution is 2.09. The summed E-state index contributed by atoms with van der Waals surface area (Å²) in [6.45, 7) is 2.22. The van der Waals surface area contributed by atoms with E-state index in [4.69, 9.17) is 9.47 Å². The van der Waals surface area contributed by atoms with Crippen molar-refractivity contribution in [1.82, 2.24) is 0 Å². The molecule has 0 unspecified atom stereocenters. The normalized spacial score (nSPS) is 10.1. The molecule has 0 heterocycles. The molecule has 110 valence electrons. The molecule has 0 amide bonds. The minimum atomic E-state index is -0.448. The Morgan fingerprint density at radius 2 is 1.75 bits per heavy atom. The third-order valence-electron chi connectivity index (χ3n) is 2.58. The highest BCUT2D eigenvalue weighted by atomic mass is 19.1. The molecule has 0 saturated carbocycles. The molecule has 1 aromatic rings. The van der Waals surface area contributed by atoms with Crippen molar-refractivity contribution in [2.75, 3.05) is 6.61 Å². The van der Waals surface area contributed by atoms with E-state index < -0.39 is 11.8 Å². The summed E-state index contributed by atoms with van der Waals surface area (Å²) in [6.07, 6.45) is 1.46. The first kappa shape index (κ1) is 16.1. The van der Waals surface area contributed by atoms with Gasteiger partial charge in [0, 0.05) is 18.4 Å². The number of carbonyl (C=O) groups is 2. The number of hydrogen-bond acceptors (Lipinski definition) is 4. The smallest absolute Gasteiger partial charge is 0.306 e. The van der Waals surface area contributed by atoms with Crippen LogP contribution >= 0.6 is 0 Å². The topological polar surface area (TPSA) is 52.6 Å². The summed E-state index contributed by atoms with van der Waals surface area (Å²) in [6, 6.07) is 6.12. The maximum Gasteiger partial charge on any atom is 0.306 e. The molecule has 0 fully saturated rings. The zero-order chi connectivity index (χ0) is 14.8. The van der Waals surface area contributed by atoms with Crippen LogP contribution in [-0.4, -0.2) is 18.5 Å². The van der Waals surface area contributed by atoms with Crippen LogP contribution < -0.4 is 0 Å². The quantitative estimate of drug-likeness (QED) is 0.688. The summed E-state index contributed by atoms with van der Waals surface area (Å²) < 4.78 is 23.1. The second-order valence-corrected chi connectivity index (χ2v) is 4.33. The second kappa shape index (κ2) is 9.07. The Balaban J connectivity index is 2.18. The van der Waals surface area contributed by atoms with Crippen molar-refractivity contribution in [2.24, 2.45) is 0 Å². The number of ether oxygens (including phenoxy) is 2. The Morgan fingerprint density at radius 3 is 2.40 bits per heavy atom. The van der Waals surface area contributed by atoms with Crippen molar-refractivity contribution in [1.29, 1.82) is 0 Å². The molecule has 4 nitrogen and oxygen atoms in total.